The van der Waals surface area contributed by atoms with E-state index in [1.807, 2.05) is 6.92 Å². The summed E-state index contributed by atoms with van der Waals surface area (Å²) in [6.07, 6.45) is 0.840. The summed E-state index contributed by atoms with van der Waals surface area (Å²) in [6, 6.07) is 0. The van der Waals surface area contributed by atoms with Crippen LogP contribution >= 0.6 is 0 Å². The molecule has 8 heteroatoms. The van der Waals surface area contributed by atoms with Gasteiger partial charge in [-0.25, -0.2) is 8.42 Å². The largest absolute Gasteiger partial charge is 0.390 e. The zero-order chi connectivity index (χ0) is 11.9. The van der Waals surface area contributed by atoms with Gasteiger partial charge >= 0.3 is 0 Å². The van der Waals surface area contributed by atoms with E-state index < -0.39 is 16.1 Å². The fourth-order valence-electron chi connectivity index (χ4n) is 1.53. The summed E-state index contributed by atoms with van der Waals surface area (Å²) >= 11 is 0. The lowest BCUT2D eigenvalue weighted by Gasteiger charge is -2.34. The van der Waals surface area contributed by atoms with Gasteiger partial charge in [0.2, 0.25) is 10.0 Å². The van der Waals surface area contributed by atoms with Gasteiger partial charge in [-0.3, -0.25) is 4.68 Å². The number of nitrogens with zero attached hydrogens (tertiary/aromatic N) is 3. The third-order valence-corrected chi connectivity index (χ3v) is 4.37. The zero-order valence-electron chi connectivity index (χ0n) is 8.87. The topological polar surface area (TPSA) is 101 Å². The molecule has 1 aromatic heterocycles. The number of aromatic nitrogens is 2. The Morgan fingerprint density at radius 3 is 2.69 bits per heavy atom. The molecule has 1 aliphatic rings. The fraction of sp³-hybridized carbons (Fsp3) is 0.625. The first kappa shape index (κ1) is 11.4. The Morgan fingerprint density at radius 2 is 2.25 bits per heavy atom. The Morgan fingerprint density at radius 1 is 1.62 bits per heavy atom. The summed E-state index contributed by atoms with van der Waals surface area (Å²) in [6.45, 7) is 2.65. The summed E-state index contributed by atoms with van der Waals surface area (Å²) in [4.78, 5) is 0.0150. The molecule has 1 aromatic rings. The smallest absolute Gasteiger partial charge is 0.248 e. The van der Waals surface area contributed by atoms with Gasteiger partial charge < -0.3 is 10.8 Å². The van der Waals surface area contributed by atoms with Crippen molar-refractivity contribution in [2.75, 3.05) is 18.8 Å². The first-order valence-electron chi connectivity index (χ1n) is 4.96. The molecule has 0 atom stereocenters. The Bertz CT molecular complexity index is 489. The van der Waals surface area contributed by atoms with Crippen LogP contribution in [0.2, 0.25) is 0 Å². The van der Waals surface area contributed by atoms with Crippen LogP contribution in [0.3, 0.4) is 0 Å². The quantitative estimate of drug-likeness (QED) is 0.701. The number of aliphatic hydroxyl groups excluding tert-OH is 1. The summed E-state index contributed by atoms with van der Waals surface area (Å²) in [5.41, 5.74) is 5.55. The van der Waals surface area contributed by atoms with Crippen LogP contribution in [-0.4, -0.2) is 46.8 Å². The number of hydrogen-bond donors (Lipinski definition) is 2. The van der Waals surface area contributed by atoms with Gasteiger partial charge in [0.05, 0.1) is 6.10 Å². The van der Waals surface area contributed by atoms with Gasteiger partial charge in [0.15, 0.2) is 5.82 Å². The number of sulfonamides is 1. The summed E-state index contributed by atoms with van der Waals surface area (Å²) in [7, 11) is -3.59. The number of β-amino-alcohol motifs (C(OH)–C–C–N with tert-alkyl or cyclic N) is 1. The third kappa shape index (κ3) is 1.68. The molecule has 1 aliphatic heterocycles. The second kappa shape index (κ2) is 3.72. The lowest BCUT2D eigenvalue weighted by Crippen LogP contribution is -2.53. The molecule has 1 saturated heterocycles. The zero-order valence-corrected chi connectivity index (χ0v) is 9.68. The average Bonchev–Trinajstić information content (AvgIpc) is 2.55. The van der Waals surface area contributed by atoms with Crippen molar-refractivity contribution >= 4 is 15.8 Å². The van der Waals surface area contributed by atoms with Crippen molar-refractivity contribution < 1.29 is 13.5 Å². The highest BCUT2D eigenvalue weighted by molar-refractivity contribution is 7.89. The van der Waals surface area contributed by atoms with Crippen LogP contribution in [0.5, 0.6) is 0 Å². The molecule has 90 valence electrons. The maximum atomic E-state index is 12.0. The highest BCUT2D eigenvalue weighted by Gasteiger charge is 2.37. The number of aryl methyl sites for hydroxylation is 1. The van der Waals surface area contributed by atoms with Crippen LogP contribution in [0, 0.1) is 0 Å². The van der Waals surface area contributed by atoms with E-state index in [2.05, 4.69) is 5.10 Å². The molecule has 2 rings (SSSR count). The molecular formula is C8H14N4O3S. The van der Waals surface area contributed by atoms with Crippen molar-refractivity contribution in [3.05, 3.63) is 6.20 Å². The molecule has 0 aromatic carbocycles. The minimum Gasteiger partial charge on any atom is -0.390 e. The van der Waals surface area contributed by atoms with Crippen molar-refractivity contribution in [1.82, 2.24) is 14.1 Å². The number of aliphatic hydroxyl groups is 1. The summed E-state index contributed by atoms with van der Waals surface area (Å²) < 4.78 is 26.6. The van der Waals surface area contributed by atoms with Gasteiger partial charge in [-0.1, -0.05) is 0 Å². The van der Waals surface area contributed by atoms with Crippen LogP contribution in [-0.2, 0) is 16.6 Å². The fourth-order valence-corrected chi connectivity index (χ4v) is 3.11. The molecule has 16 heavy (non-hydrogen) atoms. The van der Waals surface area contributed by atoms with Crippen molar-refractivity contribution in [1.29, 1.82) is 0 Å². The molecule has 0 aliphatic carbocycles. The summed E-state index contributed by atoms with van der Waals surface area (Å²) in [5, 5.41) is 13.0. The number of rotatable bonds is 3. The highest BCUT2D eigenvalue weighted by atomic mass is 32.2. The maximum absolute atomic E-state index is 12.0. The number of nitrogen functional groups attached to an aromatic ring is 1. The second-order valence-corrected chi connectivity index (χ2v) is 5.62. The first-order valence-corrected chi connectivity index (χ1v) is 6.40. The molecule has 1 fully saturated rings. The molecule has 3 N–H and O–H groups in total. The van der Waals surface area contributed by atoms with E-state index in [9.17, 15) is 8.42 Å². The molecule has 0 unspecified atom stereocenters. The van der Waals surface area contributed by atoms with Crippen molar-refractivity contribution in [3.8, 4) is 0 Å². The monoisotopic (exact) mass is 246 g/mol. The standard InChI is InChI=1S/C8H14N4O3S/c1-2-11-5-7(8(9)10-11)16(14,15)12-3-6(13)4-12/h5-6,13H,2-4H2,1H3,(H2,9,10). The van der Waals surface area contributed by atoms with E-state index in [0.717, 1.165) is 0 Å². The van der Waals surface area contributed by atoms with E-state index >= 15 is 0 Å². The predicted molar refractivity (Wildman–Crippen MR) is 57.1 cm³/mol. The molecule has 7 nitrogen and oxygen atoms in total. The van der Waals surface area contributed by atoms with E-state index in [4.69, 9.17) is 10.8 Å². The van der Waals surface area contributed by atoms with Crippen molar-refractivity contribution in [3.63, 3.8) is 0 Å². The van der Waals surface area contributed by atoms with Gasteiger partial charge in [0.1, 0.15) is 4.90 Å². The molecule has 0 bridgehead atoms. The van der Waals surface area contributed by atoms with Crippen LogP contribution in [0.25, 0.3) is 0 Å². The molecular weight excluding hydrogens is 232 g/mol. The third-order valence-electron chi connectivity index (χ3n) is 2.53. The van der Waals surface area contributed by atoms with Crippen LogP contribution in [0.15, 0.2) is 11.1 Å². The van der Waals surface area contributed by atoms with Gasteiger partial charge in [0.25, 0.3) is 0 Å². The second-order valence-electron chi connectivity index (χ2n) is 3.71. The summed E-state index contributed by atoms with van der Waals surface area (Å²) in [5.74, 6) is 0.00300. The number of hydrogen-bond acceptors (Lipinski definition) is 5. The molecule has 0 spiro atoms. The van der Waals surface area contributed by atoms with Gasteiger partial charge in [-0.2, -0.15) is 9.40 Å². The van der Waals surface area contributed by atoms with Crippen LogP contribution < -0.4 is 5.73 Å². The normalized spacial score (nSPS) is 18.6. The Hall–Kier alpha value is -1.12. The SMILES string of the molecule is CCn1cc(S(=O)(=O)N2CC(O)C2)c(N)n1. The first-order chi connectivity index (χ1) is 7.45. The molecule has 0 amide bonds. The van der Waals surface area contributed by atoms with E-state index in [1.54, 1.807) is 0 Å². The number of anilines is 1. The molecule has 0 radical (unpaired) electrons. The number of nitrogens with two attached hydrogens (primary N) is 1. The Kier molecular flexibility index (Phi) is 2.64. The average molecular weight is 246 g/mol. The van der Waals surface area contributed by atoms with Crippen molar-refractivity contribution in [2.24, 2.45) is 0 Å². The maximum Gasteiger partial charge on any atom is 0.248 e. The van der Waals surface area contributed by atoms with Crippen LogP contribution in [0.4, 0.5) is 5.82 Å². The van der Waals surface area contributed by atoms with Gasteiger partial charge in [-0.05, 0) is 6.92 Å². The Balaban J connectivity index is 2.32. The Labute approximate surface area is 93.5 Å². The van der Waals surface area contributed by atoms with Gasteiger partial charge in [0, 0.05) is 25.8 Å². The van der Waals surface area contributed by atoms with Crippen LogP contribution in [0.1, 0.15) is 6.92 Å². The lowest BCUT2D eigenvalue weighted by atomic mass is 10.2. The van der Waals surface area contributed by atoms with E-state index in [0.29, 0.717) is 6.54 Å². The van der Waals surface area contributed by atoms with Crippen molar-refractivity contribution in [2.45, 2.75) is 24.5 Å². The van der Waals surface area contributed by atoms with Gasteiger partial charge in [-0.15, -0.1) is 0 Å². The minimum absolute atomic E-state index is 0.00300. The highest BCUT2D eigenvalue weighted by Crippen LogP contribution is 2.24. The minimum atomic E-state index is -3.59. The lowest BCUT2D eigenvalue weighted by molar-refractivity contribution is 0.0548. The van der Waals surface area contributed by atoms with E-state index in [-0.39, 0.29) is 23.8 Å². The molecule has 2 heterocycles. The molecule has 0 saturated carbocycles. The predicted octanol–water partition coefficient (Wildman–Crippen LogP) is -1.15. The van der Waals surface area contributed by atoms with E-state index in [1.165, 1.54) is 15.2 Å².